The zero-order valence-corrected chi connectivity index (χ0v) is 14.6. The van der Waals surface area contributed by atoms with Crippen LogP contribution in [0.25, 0.3) is 0 Å². The maximum atomic E-state index is 11.7. The van der Waals surface area contributed by atoms with Crippen LogP contribution in [0.15, 0.2) is 18.7 Å². The Morgan fingerprint density at radius 2 is 1.83 bits per heavy atom. The van der Waals surface area contributed by atoms with E-state index >= 15 is 0 Å². The third-order valence-electron chi connectivity index (χ3n) is 2.76. The van der Waals surface area contributed by atoms with Crippen LogP contribution in [0.4, 0.5) is 4.79 Å². The quantitative estimate of drug-likeness (QED) is 0.653. The molecule has 24 heavy (non-hydrogen) atoms. The maximum Gasteiger partial charge on any atom is 0.407 e. The molecule has 1 amide bonds. The minimum absolute atomic E-state index is 0.000525. The molecule has 0 unspecified atom stereocenters. The normalized spacial score (nSPS) is 11.3. The number of carbonyl (C=O) groups excluding carboxylic acids is 2. The fraction of sp³-hybridized carbons (Fsp3) is 0.688. The predicted octanol–water partition coefficient (Wildman–Crippen LogP) is 1.86. The van der Waals surface area contributed by atoms with Crippen LogP contribution in [0, 0.1) is 0 Å². The number of carbonyl (C=O) groups is 2. The largest absolute Gasteiger partial charge is 0.444 e. The minimum atomic E-state index is -0.502. The smallest absolute Gasteiger partial charge is 0.407 e. The summed E-state index contributed by atoms with van der Waals surface area (Å²) in [5.41, 5.74) is -0.502. The number of imidazole rings is 1. The number of hydrogen-bond donors (Lipinski definition) is 1. The van der Waals surface area contributed by atoms with Crippen molar-refractivity contribution in [3.63, 3.8) is 0 Å². The van der Waals surface area contributed by atoms with Gasteiger partial charge in [-0.1, -0.05) is 0 Å². The number of alkyl carbamates (subject to hydrolysis) is 1. The monoisotopic (exact) mass is 341 g/mol. The second kappa shape index (κ2) is 10.8. The molecule has 0 aromatic carbocycles. The van der Waals surface area contributed by atoms with Crippen molar-refractivity contribution in [1.82, 2.24) is 14.9 Å². The molecular weight excluding hydrogens is 314 g/mol. The first-order valence-electron chi connectivity index (χ1n) is 8.02. The van der Waals surface area contributed by atoms with E-state index in [1.807, 2.05) is 20.8 Å². The Labute approximate surface area is 142 Å². The highest BCUT2D eigenvalue weighted by Crippen LogP contribution is 2.06. The number of nitrogens with one attached hydrogen (secondary N) is 1. The first-order chi connectivity index (χ1) is 11.4. The van der Waals surface area contributed by atoms with Gasteiger partial charge in [0.25, 0.3) is 0 Å². The third kappa shape index (κ3) is 9.96. The lowest BCUT2D eigenvalue weighted by Gasteiger charge is -2.19. The van der Waals surface area contributed by atoms with E-state index < -0.39 is 11.7 Å². The van der Waals surface area contributed by atoms with Gasteiger partial charge in [-0.15, -0.1) is 0 Å². The van der Waals surface area contributed by atoms with Gasteiger partial charge in [0.1, 0.15) is 11.9 Å². The molecular formula is C16H27N3O5. The van der Waals surface area contributed by atoms with Crippen molar-refractivity contribution in [2.24, 2.45) is 0 Å². The maximum absolute atomic E-state index is 11.7. The van der Waals surface area contributed by atoms with Gasteiger partial charge in [-0.25, -0.2) is 9.78 Å². The highest BCUT2D eigenvalue weighted by molar-refractivity contribution is 5.78. The summed E-state index contributed by atoms with van der Waals surface area (Å²) in [6.07, 6.45) is 5.30. The van der Waals surface area contributed by atoms with E-state index in [4.69, 9.17) is 14.2 Å². The fourth-order valence-corrected chi connectivity index (χ4v) is 1.72. The van der Waals surface area contributed by atoms with Crippen molar-refractivity contribution in [2.75, 3.05) is 33.0 Å². The van der Waals surface area contributed by atoms with Crippen LogP contribution in [-0.2, 0) is 14.2 Å². The highest BCUT2D eigenvalue weighted by Gasteiger charge is 2.15. The Morgan fingerprint density at radius 1 is 1.12 bits per heavy atom. The van der Waals surface area contributed by atoms with Crippen molar-refractivity contribution in [3.05, 3.63) is 18.7 Å². The summed E-state index contributed by atoms with van der Waals surface area (Å²) in [6, 6.07) is 0. The van der Waals surface area contributed by atoms with E-state index in [-0.39, 0.29) is 5.91 Å². The zero-order valence-electron chi connectivity index (χ0n) is 14.6. The van der Waals surface area contributed by atoms with Crippen LogP contribution in [0.2, 0.25) is 0 Å². The van der Waals surface area contributed by atoms with Crippen LogP contribution in [0.5, 0.6) is 0 Å². The molecule has 1 heterocycles. The van der Waals surface area contributed by atoms with E-state index in [0.29, 0.717) is 45.8 Å². The summed E-state index contributed by atoms with van der Waals surface area (Å²) in [5, 5.41) is 2.60. The number of hydrogen-bond acceptors (Lipinski definition) is 6. The van der Waals surface area contributed by atoms with E-state index in [2.05, 4.69) is 10.3 Å². The Hall–Kier alpha value is -1.93. The molecule has 0 spiro atoms. The summed E-state index contributed by atoms with van der Waals surface area (Å²) < 4.78 is 17.3. The molecule has 0 atom stereocenters. The summed E-state index contributed by atoms with van der Waals surface area (Å²) in [4.78, 5) is 26.8. The average molecular weight is 341 g/mol. The fourth-order valence-electron chi connectivity index (χ4n) is 1.72. The Balaban J connectivity index is 1.87. The third-order valence-corrected chi connectivity index (χ3v) is 2.76. The van der Waals surface area contributed by atoms with Gasteiger partial charge in [-0.05, 0) is 27.2 Å². The highest BCUT2D eigenvalue weighted by atomic mass is 16.6. The minimum Gasteiger partial charge on any atom is -0.444 e. The molecule has 1 aromatic heterocycles. The Morgan fingerprint density at radius 3 is 2.46 bits per heavy atom. The topological polar surface area (TPSA) is 91.7 Å². The molecule has 0 aliphatic heterocycles. The second-order valence-corrected chi connectivity index (χ2v) is 6.12. The second-order valence-electron chi connectivity index (χ2n) is 6.12. The molecule has 1 N–H and O–H groups in total. The molecule has 1 aromatic rings. The molecule has 8 heteroatoms. The summed E-state index contributed by atoms with van der Waals surface area (Å²) >= 11 is 0. The molecule has 0 bridgehead atoms. The molecule has 0 radical (unpaired) electrons. The number of rotatable bonds is 10. The SMILES string of the molecule is CC(C)(C)OC(=O)NCCOCCOCCCC(=O)n1ccnc1. The number of amides is 1. The molecule has 0 saturated carbocycles. The van der Waals surface area contributed by atoms with E-state index in [0.717, 1.165) is 0 Å². The Bertz CT molecular complexity index is 482. The first kappa shape index (κ1) is 20.1. The van der Waals surface area contributed by atoms with Crippen LogP contribution in [0.3, 0.4) is 0 Å². The standard InChI is InChI=1S/C16H27N3O5/c1-16(2,3)24-15(21)18-7-10-23-12-11-22-9-4-5-14(20)19-8-6-17-13-19/h6,8,13H,4-5,7,9-12H2,1-3H3,(H,18,21). The van der Waals surface area contributed by atoms with Gasteiger partial charge < -0.3 is 19.5 Å². The van der Waals surface area contributed by atoms with Crippen LogP contribution in [-0.4, -0.2) is 60.1 Å². The van der Waals surface area contributed by atoms with Crippen molar-refractivity contribution in [2.45, 2.75) is 39.2 Å². The number of aromatic nitrogens is 2. The van der Waals surface area contributed by atoms with Crippen molar-refractivity contribution in [3.8, 4) is 0 Å². The average Bonchev–Trinajstić information content (AvgIpc) is 3.01. The number of nitrogens with zero attached hydrogens (tertiary/aromatic N) is 2. The Kier molecular flexibility index (Phi) is 9.03. The molecule has 1 rings (SSSR count). The summed E-state index contributed by atoms with van der Waals surface area (Å²) in [5.74, 6) is 0.000525. The molecule has 0 aliphatic carbocycles. The van der Waals surface area contributed by atoms with Crippen molar-refractivity contribution in [1.29, 1.82) is 0 Å². The molecule has 0 fully saturated rings. The van der Waals surface area contributed by atoms with Gasteiger partial charge >= 0.3 is 6.09 Å². The van der Waals surface area contributed by atoms with Crippen LogP contribution in [0.1, 0.15) is 38.4 Å². The van der Waals surface area contributed by atoms with Gasteiger partial charge in [0.15, 0.2) is 0 Å². The summed E-state index contributed by atoms with van der Waals surface area (Å²) in [6.45, 7) is 7.59. The summed E-state index contributed by atoms with van der Waals surface area (Å²) in [7, 11) is 0. The van der Waals surface area contributed by atoms with Gasteiger partial charge in [-0.2, -0.15) is 0 Å². The van der Waals surface area contributed by atoms with Gasteiger partial charge in [-0.3, -0.25) is 9.36 Å². The lowest BCUT2D eigenvalue weighted by molar-refractivity contribution is 0.0386. The van der Waals surface area contributed by atoms with E-state index in [9.17, 15) is 9.59 Å². The van der Waals surface area contributed by atoms with Crippen LogP contribution >= 0.6 is 0 Å². The van der Waals surface area contributed by atoms with Gasteiger partial charge in [0.2, 0.25) is 5.91 Å². The lowest BCUT2D eigenvalue weighted by atomic mass is 10.2. The van der Waals surface area contributed by atoms with Crippen LogP contribution < -0.4 is 5.32 Å². The predicted molar refractivity (Wildman–Crippen MR) is 88.0 cm³/mol. The first-order valence-corrected chi connectivity index (χ1v) is 8.02. The molecule has 136 valence electrons. The molecule has 8 nitrogen and oxygen atoms in total. The van der Waals surface area contributed by atoms with E-state index in [1.54, 1.807) is 12.4 Å². The van der Waals surface area contributed by atoms with Gasteiger partial charge in [0, 0.05) is 32.0 Å². The molecule has 0 aliphatic rings. The van der Waals surface area contributed by atoms with Crippen molar-refractivity contribution < 1.29 is 23.8 Å². The van der Waals surface area contributed by atoms with E-state index in [1.165, 1.54) is 10.9 Å². The number of ether oxygens (including phenoxy) is 3. The van der Waals surface area contributed by atoms with Gasteiger partial charge in [0.05, 0.1) is 19.8 Å². The molecule has 0 saturated heterocycles. The lowest BCUT2D eigenvalue weighted by Crippen LogP contribution is -2.34. The van der Waals surface area contributed by atoms with Crippen molar-refractivity contribution >= 4 is 12.0 Å². The zero-order chi connectivity index (χ0) is 17.8.